The van der Waals surface area contributed by atoms with Crippen molar-refractivity contribution in [2.75, 3.05) is 64.6 Å². The Labute approximate surface area is 223 Å². The standard InChI is InChI=1S/C30H35N5O3/c1-20-3-4-21(22-5-8-27(32-19-22)34-9-13-37-14-10-34)17-25(30(31)36)29-28(20)24-7-6-23(18-26(24)33-29)35(2)11-15-38-16-12-35/h4-8,17-20,33H,3,9-16H2,1-2H3,(H-,31,36)/p+1. The Morgan fingerprint density at radius 1 is 1.11 bits per heavy atom. The van der Waals surface area contributed by atoms with Crippen LogP contribution in [0.4, 0.5) is 11.5 Å². The van der Waals surface area contributed by atoms with Crippen molar-refractivity contribution in [3.63, 3.8) is 0 Å². The average Bonchev–Trinajstić information content (AvgIpc) is 3.31. The van der Waals surface area contributed by atoms with Crippen LogP contribution < -0.4 is 15.1 Å². The van der Waals surface area contributed by atoms with Gasteiger partial charge in [0, 0.05) is 30.7 Å². The van der Waals surface area contributed by atoms with Gasteiger partial charge < -0.3 is 25.1 Å². The maximum absolute atomic E-state index is 12.8. The van der Waals surface area contributed by atoms with Gasteiger partial charge in [-0.1, -0.05) is 13.0 Å². The fraction of sp³-hybridized carbons (Fsp3) is 0.400. The third-order valence-electron chi connectivity index (χ3n) is 8.34. The molecule has 2 fully saturated rings. The number of nitrogens with zero attached hydrogens (tertiary/aromatic N) is 3. The number of amides is 1. The molecule has 1 atom stereocenters. The molecule has 6 rings (SSSR count). The minimum atomic E-state index is -0.442. The van der Waals surface area contributed by atoms with Gasteiger partial charge in [-0.3, -0.25) is 9.28 Å². The predicted molar refractivity (Wildman–Crippen MR) is 152 cm³/mol. The number of ether oxygens (including phenoxy) is 2. The summed E-state index contributed by atoms with van der Waals surface area (Å²) in [6, 6.07) is 10.8. The molecule has 1 unspecified atom stereocenters. The number of pyridine rings is 1. The molecule has 0 radical (unpaired) electrons. The molecule has 8 nitrogen and oxygen atoms in total. The van der Waals surface area contributed by atoms with E-state index in [0.29, 0.717) is 5.57 Å². The number of nitrogens with two attached hydrogens (primary N) is 1. The summed E-state index contributed by atoms with van der Waals surface area (Å²) >= 11 is 0. The van der Waals surface area contributed by atoms with Crippen LogP contribution in [0.15, 0.2) is 48.7 Å². The highest BCUT2D eigenvalue weighted by molar-refractivity contribution is 6.22. The lowest BCUT2D eigenvalue weighted by Crippen LogP contribution is -2.53. The molecule has 3 aromatic rings. The number of hydrogen-bond acceptors (Lipinski definition) is 5. The fourth-order valence-corrected chi connectivity index (χ4v) is 5.91. The quantitative estimate of drug-likeness (QED) is 0.517. The van der Waals surface area contributed by atoms with Crippen LogP contribution in [0.3, 0.4) is 0 Å². The van der Waals surface area contributed by atoms with Gasteiger partial charge in [0.15, 0.2) is 0 Å². The van der Waals surface area contributed by atoms with E-state index in [2.05, 4.69) is 54.2 Å². The molecule has 2 aliphatic heterocycles. The number of anilines is 1. The molecule has 3 aliphatic rings. The Hall–Kier alpha value is -3.46. The van der Waals surface area contributed by atoms with E-state index >= 15 is 0 Å². The molecule has 0 bridgehead atoms. The Kier molecular flexibility index (Phi) is 6.55. The predicted octanol–water partition coefficient (Wildman–Crippen LogP) is 3.83. The van der Waals surface area contributed by atoms with Crippen LogP contribution in [-0.2, 0) is 14.3 Å². The Bertz CT molecular complexity index is 1410. The number of likely N-dealkylation sites (N-methyl/N-ethyl adjacent to an activating group) is 1. The zero-order chi connectivity index (χ0) is 26.3. The summed E-state index contributed by atoms with van der Waals surface area (Å²) in [6.45, 7) is 8.75. The van der Waals surface area contributed by atoms with Crippen molar-refractivity contribution in [2.24, 2.45) is 5.73 Å². The Morgan fingerprint density at radius 2 is 1.87 bits per heavy atom. The van der Waals surface area contributed by atoms with Crippen LogP contribution in [-0.4, -0.2) is 75.5 Å². The fourth-order valence-electron chi connectivity index (χ4n) is 5.91. The maximum atomic E-state index is 12.8. The molecule has 2 aromatic heterocycles. The molecule has 8 heteroatoms. The monoisotopic (exact) mass is 514 g/mol. The summed E-state index contributed by atoms with van der Waals surface area (Å²) in [4.78, 5) is 23.4. The van der Waals surface area contributed by atoms with Gasteiger partial charge in [0.1, 0.15) is 24.6 Å². The van der Waals surface area contributed by atoms with Crippen LogP contribution in [0.25, 0.3) is 22.0 Å². The second-order valence-corrected chi connectivity index (χ2v) is 10.8. The first-order valence-corrected chi connectivity index (χ1v) is 13.5. The first kappa shape index (κ1) is 24.9. The molecule has 1 aliphatic carbocycles. The molecular weight excluding hydrogens is 478 g/mol. The zero-order valence-corrected chi connectivity index (χ0v) is 22.2. The lowest BCUT2D eigenvalue weighted by Gasteiger charge is -2.37. The number of carbonyl (C=O) groups excluding carboxylic acids is 1. The van der Waals surface area contributed by atoms with Crippen LogP contribution in [0.2, 0.25) is 0 Å². The largest absolute Gasteiger partial charge is 0.378 e. The number of morpholine rings is 2. The smallest absolute Gasteiger partial charge is 0.250 e. The summed E-state index contributed by atoms with van der Waals surface area (Å²) in [6.07, 6.45) is 6.86. The van der Waals surface area contributed by atoms with E-state index in [1.807, 2.05) is 18.3 Å². The highest BCUT2D eigenvalue weighted by Crippen LogP contribution is 2.40. The van der Waals surface area contributed by atoms with E-state index in [1.54, 1.807) is 0 Å². The summed E-state index contributed by atoms with van der Waals surface area (Å²) in [5, 5.41) is 1.15. The number of H-pyrrole nitrogens is 1. The summed E-state index contributed by atoms with van der Waals surface area (Å²) in [5.74, 6) is 0.709. The van der Waals surface area contributed by atoms with Gasteiger partial charge in [-0.25, -0.2) is 4.98 Å². The van der Waals surface area contributed by atoms with Gasteiger partial charge in [-0.05, 0) is 59.4 Å². The van der Waals surface area contributed by atoms with E-state index < -0.39 is 5.91 Å². The van der Waals surface area contributed by atoms with Crippen molar-refractivity contribution in [1.29, 1.82) is 0 Å². The number of hydrogen-bond donors (Lipinski definition) is 2. The highest BCUT2D eigenvalue weighted by atomic mass is 16.5. The van der Waals surface area contributed by atoms with Gasteiger partial charge in [-0.15, -0.1) is 0 Å². The minimum Gasteiger partial charge on any atom is -0.378 e. The van der Waals surface area contributed by atoms with Gasteiger partial charge in [0.2, 0.25) is 0 Å². The molecule has 4 heterocycles. The molecule has 0 saturated carbocycles. The van der Waals surface area contributed by atoms with E-state index in [4.69, 9.17) is 20.2 Å². The van der Waals surface area contributed by atoms with Crippen LogP contribution in [0.1, 0.15) is 36.1 Å². The van der Waals surface area contributed by atoms with Crippen molar-refractivity contribution < 1.29 is 14.3 Å². The van der Waals surface area contributed by atoms with Gasteiger partial charge in [0.05, 0.1) is 50.3 Å². The van der Waals surface area contributed by atoms with Crippen molar-refractivity contribution in [2.45, 2.75) is 19.3 Å². The third-order valence-corrected chi connectivity index (χ3v) is 8.34. The molecule has 1 aromatic carbocycles. The van der Waals surface area contributed by atoms with Crippen LogP contribution in [0.5, 0.6) is 0 Å². The van der Waals surface area contributed by atoms with Crippen molar-refractivity contribution in [3.8, 4) is 0 Å². The van der Waals surface area contributed by atoms with Crippen molar-refractivity contribution in [3.05, 3.63) is 65.5 Å². The molecule has 2 saturated heterocycles. The van der Waals surface area contributed by atoms with E-state index in [9.17, 15) is 4.79 Å². The highest BCUT2D eigenvalue weighted by Gasteiger charge is 2.30. The van der Waals surface area contributed by atoms with Gasteiger partial charge in [-0.2, -0.15) is 0 Å². The number of nitrogens with one attached hydrogen (secondary N) is 1. The number of carbonyl (C=O) groups is 1. The normalized spacial score (nSPS) is 21.7. The number of primary amides is 1. The number of aromatic amines is 1. The van der Waals surface area contributed by atoms with E-state index in [1.165, 1.54) is 5.69 Å². The Balaban J connectivity index is 1.38. The molecular formula is C30H36N5O3+. The lowest BCUT2D eigenvalue weighted by atomic mass is 9.87. The van der Waals surface area contributed by atoms with E-state index in [0.717, 1.165) is 103 Å². The van der Waals surface area contributed by atoms with Crippen LogP contribution in [0, 0.1) is 0 Å². The molecule has 3 N–H and O–H groups in total. The van der Waals surface area contributed by atoms with Crippen molar-refractivity contribution in [1.82, 2.24) is 14.5 Å². The Morgan fingerprint density at radius 3 is 2.58 bits per heavy atom. The van der Waals surface area contributed by atoms with Crippen molar-refractivity contribution >= 4 is 39.5 Å². The number of allylic oxidation sites excluding steroid dienone is 3. The first-order chi connectivity index (χ1) is 18.4. The first-order valence-electron chi connectivity index (χ1n) is 13.5. The molecule has 1 amide bonds. The molecule has 38 heavy (non-hydrogen) atoms. The molecule has 0 spiro atoms. The summed E-state index contributed by atoms with van der Waals surface area (Å²) in [7, 11) is 2.26. The summed E-state index contributed by atoms with van der Waals surface area (Å²) in [5.41, 5.74) is 12.7. The SMILES string of the molecule is CC1CC=C(c2ccc(N3CCOCC3)nc2)C=C(C(N)=O)c2[nH]c3cc([N+]4(C)CCOCC4)ccc3c21. The second kappa shape index (κ2) is 10.0. The van der Waals surface area contributed by atoms with E-state index in [-0.39, 0.29) is 5.92 Å². The zero-order valence-electron chi connectivity index (χ0n) is 22.2. The number of aromatic nitrogens is 2. The second-order valence-electron chi connectivity index (χ2n) is 10.8. The summed E-state index contributed by atoms with van der Waals surface area (Å²) < 4.78 is 11.9. The van der Waals surface area contributed by atoms with Crippen LogP contribution >= 0.6 is 0 Å². The number of benzene rings is 1. The average molecular weight is 515 g/mol. The molecule has 198 valence electrons. The topological polar surface area (TPSA) is 93.5 Å². The minimum absolute atomic E-state index is 0.205. The van der Waals surface area contributed by atoms with Gasteiger partial charge in [0.25, 0.3) is 5.91 Å². The third kappa shape index (κ3) is 4.53. The lowest BCUT2D eigenvalue weighted by molar-refractivity contribution is -0.112. The maximum Gasteiger partial charge on any atom is 0.250 e. The van der Waals surface area contributed by atoms with Gasteiger partial charge >= 0.3 is 0 Å². The number of quaternary nitrogens is 1. The number of rotatable bonds is 4. The number of fused-ring (bicyclic) bond motifs is 3.